The second-order valence-corrected chi connectivity index (χ2v) is 5.94. The Bertz CT molecular complexity index is 518. The van der Waals surface area contributed by atoms with Crippen LogP contribution in [-0.2, 0) is 11.2 Å². The van der Waals surface area contributed by atoms with Gasteiger partial charge in [-0.25, -0.2) is 0 Å². The summed E-state index contributed by atoms with van der Waals surface area (Å²) in [6.45, 7) is 3.73. The number of carbonyl (C=O) groups is 1. The molecule has 0 bridgehead atoms. The maximum absolute atomic E-state index is 11.1. The van der Waals surface area contributed by atoms with Crippen LogP contribution < -0.4 is 9.47 Å². The molecular weight excluding hydrogens is 282 g/mol. The summed E-state index contributed by atoms with van der Waals surface area (Å²) < 4.78 is 11.0. The molecule has 1 aromatic carbocycles. The summed E-state index contributed by atoms with van der Waals surface area (Å²) in [5, 5.41) is 9.14. The molecule has 1 aliphatic rings. The number of hydrogen-bond acceptors (Lipinski definition) is 4. The zero-order valence-electron chi connectivity index (χ0n) is 13.8. The molecule has 1 aliphatic heterocycles. The van der Waals surface area contributed by atoms with Gasteiger partial charge in [-0.1, -0.05) is 6.92 Å². The molecule has 2 rings (SSSR count). The standard InChI is InChI=1S/C17H25NO4/c1-5-13-15(21-3)6-11(7-16(13)22-4)14-10-18(2)9-12(14)8-17(19)20/h6-7,12,14H,5,8-10H2,1-4H3,(H,19,20). The molecule has 22 heavy (non-hydrogen) atoms. The minimum absolute atomic E-state index is 0.115. The number of hydrogen-bond donors (Lipinski definition) is 1. The van der Waals surface area contributed by atoms with E-state index in [1.165, 1.54) is 0 Å². The van der Waals surface area contributed by atoms with Gasteiger partial charge in [0.05, 0.1) is 14.2 Å². The molecule has 1 heterocycles. The van der Waals surface area contributed by atoms with E-state index in [9.17, 15) is 4.79 Å². The number of rotatable bonds is 6. The lowest BCUT2D eigenvalue weighted by atomic mass is 9.86. The van der Waals surface area contributed by atoms with Crippen molar-refractivity contribution in [1.82, 2.24) is 4.90 Å². The highest BCUT2D eigenvalue weighted by Crippen LogP contribution is 2.39. The molecule has 1 fully saturated rings. The van der Waals surface area contributed by atoms with Crippen LogP contribution in [0.3, 0.4) is 0 Å². The van der Waals surface area contributed by atoms with E-state index in [1.807, 2.05) is 19.2 Å². The Morgan fingerprint density at radius 3 is 2.32 bits per heavy atom. The summed E-state index contributed by atoms with van der Waals surface area (Å²) in [4.78, 5) is 13.3. The Balaban J connectivity index is 2.39. The topological polar surface area (TPSA) is 59.0 Å². The highest BCUT2D eigenvalue weighted by atomic mass is 16.5. The monoisotopic (exact) mass is 307 g/mol. The number of carboxylic acid groups (broad SMARTS) is 1. The molecule has 1 N–H and O–H groups in total. The van der Waals surface area contributed by atoms with Gasteiger partial charge in [0.25, 0.3) is 0 Å². The van der Waals surface area contributed by atoms with E-state index >= 15 is 0 Å². The van der Waals surface area contributed by atoms with Gasteiger partial charge >= 0.3 is 5.97 Å². The molecule has 0 radical (unpaired) electrons. The van der Waals surface area contributed by atoms with Crippen molar-refractivity contribution in [1.29, 1.82) is 0 Å². The first-order valence-corrected chi connectivity index (χ1v) is 7.65. The largest absolute Gasteiger partial charge is 0.496 e. The normalized spacial score (nSPS) is 21.8. The molecule has 0 saturated carbocycles. The van der Waals surface area contributed by atoms with Crippen LogP contribution in [0.2, 0.25) is 0 Å². The molecule has 0 amide bonds. The van der Waals surface area contributed by atoms with Gasteiger partial charge in [0.15, 0.2) is 0 Å². The minimum Gasteiger partial charge on any atom is -0.496 e. The van der Waals surface area contributed by atoms with Crippen LogP contribution in [-0.4, -0.2) is 50.3 Å². The van der Waals surface area contributed by atoms with E-state index < -0.39 is 5.97 Å². The van der Waals surface area contributed by atoms with Crippen LogP contribution in [0.1, 0.15) is 30.4 Å². The number of benzene rings is 1. The first kappa shape index (κ1) is 16.6. The van der Waals surface area contributed by atoms with E-state index in [1.54, 1.807) is 14.2 Å². The van der Waals surface area contributed by atoms with Crippen molar-refractivity contribution in [2.45, 2.75) is 25.7 Å². The first-order chi connectivity index (χ1) is 10.5. The summed E-state index contributed by atoms with van der Waals surface area (Å²) in [6.07, 6.45) is 1.02. The second-order valence-electron chi connectivity index (χ2n) is 5.94. The third kappa shape index (κ3) is 3.35. The zero-order valence-corrected chi connectivity index (χ0v) is 13.8. The number of aliphatic carboxylic acids is 1. The number of carboxylic acids is 1. The molecule has 0 aliphatic carbocycles. The van der Waals surface area contributed by atoms with Gasteiger partial charge in [-0.15, -0.1) is 0 Å². The van der Waals surface area contributed by atoms with E-state index in [4.69, 9.17) is 14.6 Å². The third-order valence-electron chi connectivity index (χ3n) is 4.47. The minimum atomic E-state index is -0.741. The average Bonchev–Trinajstić information content (AvgIpc) is 2.85. The Hall–Kier alpha value is -1.75. The Morgan fingerprint density at radius 1 is 1.27 bits per heavy atom. The summed E-state index contributed by atoms with van der Waals surface area (Å²) in [7, 11) is 5.35. The number of methoxy groups -OCH3 is 2. The summed E-state index contributed by atoms with van der Waals surface area (Å²) in [6, 6.07) is 4.08. The fourth-order valence-electron chi connectivity index (χ4n) is 3.46. The van der Waals surface area contributed by atoms with E-state index in [0.717, 1.165) is 42.1 Å². The van der Waals surface area contributed by atoms with E-state index in [2.05, 4.69) is 11.8 Å². The Kier molecular flexibility index (Phi) is 5.29. The lowest BCUT2D eigenvalue weighted by molar-refractivity contribution is -0.138. The highest BCUT2D eigenvalue weighted by Gasteiger charge is 2.34. The predicted molar refractivity (Wildman–Crippen MR) is 84.9 cm³/mol. The fraction of sp³-hybridized carbons (Fsp3) is 0.588. The lowest BCUT2D eigenvalue weighted by Crippen LogP contribution is -2.16. The molecule has 122 valence electrons. The van der Waals surface area contributed by atoms with Gasteiger partial charge in [-0.05, 0) is 37.1 Å². The van der Waals surface area contributed by atoms with Crippen molar-refractivity contribution in [3.63, 3.8) is 0 Å². The SMILES string of the molecule is CCc1c(OC)cc(C2CN(C)CC2CC(=O)O)cc1OC. The molecule has 2 atom stereocenters. The smallest absolute Gasteiger partial charge is 0.303 e. The zero-order chi connectivity index (χ0) is 16.3. The van der Waals surface area contributed by atoms with Crippen LogP contribution in [0.15, 0.2) is 12.1 Å². The maximum Gasteiger partial charge on any atom is 0.303 e. The number of likely N-dealkylation sites (tertiary alicyclic amines) is 1. The van der Waals surface area contributed by atoms with Crippen LogP contribution >= 0.6 is 0 Å². The lowest BCUT2D eigenvalue weighted by Gasteiger charge is -2.21. The molecule has 2 unspecified atom stereocenters. The van der Waals surface area contributed by atoms with Gasteiger partial charge < -0.3 is 19.5 Å². The van der Waals surface area contributed by atoms with Crippen LogP contribution in [0.25, 0.3) is 0 Å². The molecule has 0 aromatic heterocycles. The maximum atomic E-state index is 11.1. The average molecular weight is 307 g/mol. The quantitative estimate of drug-likeness (QED) is 0.874. The van der Waals surface area contributed by atoms with Crippen molar-refractivity contribution < 1.29 is 19.4 Å². The predicted octanol–water partition coefficient (Wildman–Crippen LogP) is 2.39. The molecule has 5 heteroatoms. The number of likely N-dealkylation sites (N-methyl/N-ethyl adjacent to an activating group) is 1. The number of nitrogens with zero attached hydrogens (tertiary/aromatic N) is 1. The molecule has 1 aromatic rings. The third-order valence-corrected chi connectivity index (χ3v) is 4.47. The van der Waals surface area contributed by atoms with E-state index in [-0.39, 0.29) is 18.3 Å². The van der Waals surface area contributed by atoms with Crippen molar-refractivity contribution in [3.05, 3.63) is 23.3 Å². The van der Waals surface area contributed by atoms with Gasteiger partial charge in [0, 0.05) is 31.0 Å². The fourth-order valence-corrected chi connectivity index (χ4v) is 3.46. The van der Waals surface area contributed by atoms with Crippen LogP contribution in [0.5, 0.6) is 11.5 Å². The Labute approximate surface area is 131 Å². The van der Waals surface area contributed by atoms with Crippen molar-refractivity contribution >= 4 is 5.97 Å². The van der Waals surface area contributed by atoms with Crippen LogP contribution in [0, 0.1) is 5.92 Å². The van der Waals surface area contributed by atoms with Gasteiger partial charge in [0.2, 0.25) is 0 Å². The van der Waals surface area contributed by atoms with E-state index in [0.29, 0.717) is 0 Å². The molecule has 1 saturated heterocycles. The highest BCUT2D eigenvalue weighted by molar-refractivity contribution is 5.67. The van der Waals surface area contributed by atoms with Crippen molar-refractivity contribution in [2.24, 2.45) is 5.92 Å². The summed E-state index contributed by atoms with van der Waals surface area (Å²) in [5.41, 5.74) is 2.15. The van der Waals surface area contributed by atoms with Gasteiger partial charge in [-0.3, -0.25) is 4.79 Å². The first-order valence-electron chi connectivity index (χ1n) is 7.65. The van der Waals surface area contributed by atoms with Crippen LogP contribution in [0.4, 0.5) is 0 Å². The van der Waals surface area contributed by atoms with Crippen molar-refractivity contribution in [2.75, 3.05) is 34.4 Å². The van der Waals surface area contributed by atoms with Gasteiger partial charge in [-0.2, -0.15) is 0 Å². The summed E-state index contributed by atoms with van der Waals surface area (Å²) in [5.74, 6) is 1.20. The molecule has 0 spiro atoms. The Morgan fingerprint density at radius 2 is 1.86 bits per heavy atom. The van der Waals surface area contributed by atoms with Crippen molar-refractivity contribution in [3.8, 4) is 11.5 Å². The molecule has 5 nitrogen and oxygen atoms in total. The second kappa shape index (κ2) is 7.01. The van der Waals surface area contributed by atoms with Gasteiger partial charge in [0.1, 0.15) is 11.5 Å². The molecular formula is C17H25NO4. The summed E-state index contributed by atoms with van der Waals surface area (Å²) >= 11 is 0. The number of ether oxygens (including phenoxy) is 2.